The minimum Gasteiger partial charge on any atom is -0.507 e. The van der Waals surface area contributed by atoms with E-state index >= 15 is 0 Å². The minimum atomic E-state index is -0.597. The van der Waals surface area contributed by atoms with Crippen molar-refractivity contribution in [3.8, 4) is 52.3 Å². The van der Waals surface area contributed by atoms with Crippen molar-refractivity contribution in [1.82, 2.24) is 0 Å². The van der Waals surface area contributed by atoms with Crippen LogP contribution >= 0.6 is 0 Å². The number of phenolic OH excluding ortho intramolecular Hbond substituents is 1. The van der Waals surface area contributed by atoms with Crippen LogP contribution in [-0.2, 0) is 0 Å². The molecule has 0 bridgehead atoms. The summed E-state index contributed by atoms with van der Waals surface area (Å²) in [6.45, 7) is 0. The average molecular weight is 774 g/mol. The third kappa shape index (κ3) is 10.5. The molecule has 6 aromatic carbocycles. The highest BCUT2D eigenvalue weighted by atomic mass is 16.4. The van der Waals surface area contributed by atoms with Gasteiger partial charge in [0.2, 0.25) is 5.55 Å². The molecule has 10 nitrogen and oxygen atoms in total. The number of benzene rings is 6. The van der Waals surface area contributed by atoms with Crippen molar-refractivity contribution in [2.45, 2.75) is 13.8 Å². The molecule has 0 atom stereocenters. The number of nitriles is 4. The smallest absolute Gasteiger partial charge is 0.354 e. The lowest BCUT2D eigenvalue weighted by Crippen LogP contribution is -2.06. The van der Waals surface area contributed by atoms with Gasteiger partial charge in [-0.05, 0) is 35.4 Å². The van der Waals surface area contributed by atoms with Gasteiger partial charge in [0.05, 0.1) is 17.7 Å². The van der Waals surface area contributed by atoms with Crippen molar-refractivity contribution in [3.05, 3.63) is 202 Å². The lowest BCUT2D eigenvalue weighted by Gasteiger charge is -2.08. The lowest BCUT2D eigenvalue weighted by atomic mass is 9.98. The van der Waals surface area contributed by atoms with Crippen molar-refractivity contribution < 1.29 is 18.7 Å². The molecule has 0 aliphatic carbocycles. The van der Waals surface area contributed by atoms with Crippen LogP contribution in [0.1, 0.15) is 40.9 Å². The predicted molar refractivity (Wildman–Crippen MR) is 225 cm³/mol. The number of carbonyl (C=O) groups excluding carboxylic acids is 1. The molecular formula is C49H35N5O5. The summed E-state index contributed by atoms with van der Waals surface area (Å²) in [6, 6.07) is 56.5. The first-order valence-corrected chi connectivity index (χ1v) is 17.5. The lowest BCUT2D eigenvalue weighted by molar-refractivity contribution is 0.103. The zero-order valence-corrected chi connectivity index (χ0v) is 30.7. The average Bonchev–Trinajstić information content (AvgIpc) is 3.27. The number of para-hydroxylation sites is 3. The standard InChI is InChI=1S/C16H10N2O.C16H9NO2.C13H10O2.C3H2N2.CH4/c2*17-10-13-15(11-6-2-1-3-7-11)12-8-4-5-9-14(12)19-16(13)18;14-12-9-5-4-8-11(12)13(15)10-6-2-1-3-7-10;4-2-1-3-5;/h1-9,18H;1-9H;1-9,14H;1H2;1H4. The second-order valence-corrected chi connectivity index (χ2v) is 12.0. The van der Waals surface area contributed by atoms with Gasteiger partial charge in [-0.1, -0.05) is 147 Å². The maximum Gasteiger partial charge on any atom is 0.354 e. The van der Waals surface area contributed by atoms with E-state index in [-0.39, 0.29) is 42.1 Å². The number of nitrogens with one attached hydrogen (secondary N) is 1. The van der Waals surface area contributed by atoms with Gasteiger partial charge in [-0.3, -0.25) is 10.2 Å². The first-order valence-electron chi connectivity index (χ1n) is 17.5. The summed E-state index contributed by atoms with van der Waals surface area (Å²) in [5, 5.41) is 52.7. The van der Waals surface area contributed by atoms with Crippen LogP contribution in [0.4, 0.5) is 0 Å². The Kier molecular flexibility index (Phi) is 15.5. The summed E-state index contributed by atoms with van der Waals surface area (Å²) >= 11 is 0. The minimum absolute atomic E-state index is 0. The van der Waals surface area contributed by atoms with Crippen LogP contribution in [-0.4, -0.2) is 10.9 Å². The van der Waals surface area contributed by atoms with E-state index in [0.29, 0.717) is 27.9 Å². The molecule has 0 radical (unpaired) electrons. The van der Waals surface area contributed by atoms with E-state index in [0.717, 1.165) is 27.5 Å². The number of phenols is 1. The highest BCUT2D eigenvalue weighted by molar-refractivity contribution is 6.10. The second kappa shape index (κ2) is 21.3. The summed E-state index contributed by atoms with van der Waals surface area (Å²) in [5.41, 5.74) is 4.79. The Bertz CT molecular complexity index is 2830. The Morgan fingerprint density at radius 1 is 0.559 bits per heavy atom. The van der Waals surface area contributed by atoms with Gasteiger partial charge < -0.3 is 13.9 Å². The first-order chi connectivity index (χ1) is 28.3. The molecule has 0 aliphatic rings. The van der Waals surface area contributed by atoms with Gasteiger partial charge in [-0.2, -0.15) is 21.0 Å². The second-order valence-electron chi connectivity index (χ2n) is 12.0. The molecule has 0 saturated heterocycles. The molecule has 0 unspecified atom stereocenters. The fourth-order valence-electron chi connectivity index (χ4n) is 5.78. The SMILES string of the molecule is C.N#CCC#N.N#Cc1c(-c2ccccc2)c2ccccc2oc1=N.N#Cc1c(-c2ccccc2)c2ccccc2oc1=O.O=C(c1ccccc1)c1ccccc1O. The number of carbonyl (C=O) groups is 1. The topological polar surface area (TPSA) is 200 Å². The van der Waals surface area contributed by atoms with E-state index in [1.807, 2.05) is 103 Å². The van der Waals surface area contributed by atoms with E-state index in [9.17, 15) is 25.2 Å². The van der Waals surface area contributed by atoms with Gasteiger partial charge in [0.15, 0.2) is 5.78 Å². The van der Waals surface area contributed by atoms with Crippen molar-refractivity contribution in [2.24, 2.45) is 0 Å². The van der Waals surface area contributed by atoms with Crippen LogP contribution in [0.2, 0.25) is 0 Å². The van der Waals surface area contributed by atoms with Crippen LogP contribution in [0.5, 0.6) is 5.75 Å². The van der Waals surface area contributed by atoms with Gasteiger partial charge in [-0.25, -0.2) is 4.79 Å². The molecule has 0 saturated carbocycles. The van der Waals surface area contributed by atoms with Crippen LogP contribution in [0.15, 0.2) is 177 Å². The largest absolute Gasteiger partial charge is 0.507 e. The number of hydrogen-bond acceptors (Lipinski definition) is 10. The van der Waals surface area contributed by atoms with Gasteiger partial charge >= 0.3 is 5.63 Å². The Hall–Kier alpha value is -8.83. The summed E-state index contributed by atoms with van der Waals surface area (Å²) in [6.07, 6.45) is 0. The highest BCUT2D eigenvalue weighted by Crippen LogP contribution is 2.31. The number of aromatic hydroxyl groups is 1. The molecule has 2 N–H and O–H groups in total. The molecule has 59 heavy (non-hydrogen) atoms. The Labute approximate surface area is 340 Å². The van der Waals surface area contributed by atoms with E-state index < -0.39 is 5.63 Å². The number of ketones is 1. The third-order valence-electron chi connectivity index (χ3n) is 8.35. The Morgan fingerprint density at radius 2 is 0.983 bits per heavy atom. The molecule has 8 aromatic rings. The monoisotopic (exact) mass is 773 g/mol. The number of nitrogens with zero attached hydrogens (tertiary/aromatic N) is 4. The van der Waals surface area contributed by atoms with Crippen LogP contribution in [0.3, 0.4) is 0 Å². The molecule has 10 heteroatoms. The van der Waals surface area contributed by atoms with E-state index in [4.69, 9.17) is 24.8 Å². The maximum atomic E-state index is 11.9. The summed E-state index contributed by atoms with van der Waals surface area (Å²) in [7, 11) is 0. The first kappa shape index (κ1) is 42.9. The summed E-state index contributed by atoms with van der Waals surface area (Å²) < 4.78 is 10.6. The van der Waals surface area contributed by atoms with Crippen LogP contribution < -0.4 is 11.2 Å². The van der Waals surface area contributed by atoms with Gasteiger partial charge in [-0.15, -0.1) is 0 Å². The van der Waals surface area contributed by atoms with E-state index in [1.165, 1.54) is 6.07 Å². The van der Waals surface area contributed by atoms with Gasteiger partial charge in [0, 0.05) is 27.5 Å². The van der Waals surface area contributed by atoms with Crippen molar-refractivity contribution in [3.63, 3.8) is 0 Å². The summed E-state index contributed by atoms with van der Waals surface area (Å²) in [5.74, 6) is -0.139. The zero-order chi connectivity index (χ0) is 41.3. The fourth-order valence-corrected chi connectivity index (χ4v) is 5.78. The molecule has 0 spiro atoms. The molecule has 286 valence electrons. The van der Waals surface area contributed by atoms with Crippen LogP contribution in [0.25, 0.3) is 44.2 Å². The molecule has 0 fully saturated rings. The zero-order valence-electron chi connectivity index (χ0n) is 30.7. The third-order valence-corrected chi connectivity index (χ3v) is 8.35. The fraction of sp³-hybridized carbons (Fsp3) is 0.0408. The number of rotatable bonds is 4. The number of hydrogen-bond donors (Lipinski definition) is 2. The van der Waals surface area contributed by atoms with E-state index in [2.05, 4.69) is 6.07 Å². The number of fused-ring (bicyclic) bond motifs is 2. The molecule has 2 heterocycles. The predicted octanol–water partition coefficient (Wildman–Crippen LogP) is 10.5. The molecule has 8 rings (SSSR count). The normalized spacial score (nSPS) is 9.49. The summed E-state index contributed by atoms with van der Waals surface area (Å²) in [4.78, 5) is 23.8. The molecular weight excluding hydrogens is 739 g/mol. The molecule has 2 aromatic heterocycles. The van der Waals surface area contributed by atoms with Gasteiger partial charge in [0.25, 0.3) is 0 Å². The van der Waals surface area contributed by atoms with Crippen molar-refractivity contribution >= 4 is 27.7 Å². The Balaban J connectivity index is 0.000000184. The Morgan fingerprint density at radius 3 is 1.46 bits per heavy atom. The molecule has 0 aliphatic heterocycles. The quantitative estimate of drug-likeness (QED) is 0.129. The van der Waals surface area contributed by atoms with Crippen molar-refractivity contribution in [1.29, 1.82) is 26.5 Å². The van der Waals surface area contributed by atoms with E-state index in [1.54, 1.807) is 72.8 Å². The van der Waals surface area contributed by atoms with Crippen molar-refractivity contribution in [2.75, 3.05) is 0 Å². The molecule has 0 amide bonds. The van der Waals surface area contributed by atoms with Gasteiger partial charge in [0.1, 0.15) is 46.6 Å². The maximum absolute atomic E-state index is 11.9. The van der Waals surface area contributed by atoms with Crippen LogP contribution in [0, 0.1) is 50.7 Å². The highest BCUT2D eigenvalue weighted by Gasteiger charge is 2.16.